The molecule has 9 aromatic rings. The zero-order valence-electron chi connectivity index (χ0n) is 26.3. The fraction of sp³-hybridized carbons (Fsp3) is 0. The molecule has 2 nitrogen and oxygen atoms in total. The molecule has 1 aromatic heterocycles. The summed E-state index contributed by atoms with van der Waals surface area (Å²) in [6.07, 6.45) is 0. The second kappa shape index (κ2) is 11.8. The van der Waals surface area contributed by atoms with Crippen LogP contribution in [0.4, 0.5) is 17.1 Å². The number of anilines is 3. The Morgan fingerprint density at radius 3 is 1.67 bits per heavy atom. The smallest absolute Gasteiger partial charge is 0.135 e. The third-order valence-corrected chi connectivity index (χ3v) is 9.25. The molecule has 9 rings (SSSR count). The second-order valence-corrected chi connectivity index (χ2v) is 12.2. The third kappa shape index (κ3) is 5.01. The molecule has 0 aliphatic carbocycles. The topological polar surface area (TPSA) is 16.4 Å². The first-order chi connectivity index (χ1) is 23.8. The van der Waals surface area contributed by atoms with E-state index in [1.54, 1.807) is 0 Å². The van der Waals surface area contributed by atoms with E-state index in [9.17, 15) is 0 Å². The summed E-state index contributed by atoms with van der Waals surface area (Å²) in [7, 11) is 0. The van der Waals surface area contributed by atoms with Crippen molar-refractivity contribution in [2.75, 3.05) is 4.90 Å². The van der Waals surface area contributed by atoms with Gasteiger partial charge >= 0.3 is 0 Å². The monoisotopic (exact) mass is 613 g/mol. The van der Waals surface area contributed by atoms with Crippen LogP contribution in [0.2, 0.25) is 0 Å². The molecule has 0 saturated carbocycles. The molecule has 0 unspecified atom stereocenters. The van der Waals surface area contributed by atoms with E-state index in [-0.39, 0.29) is 0 Å². The standard InChI is InChI=1S/C46H31NO/c1-2-15-38(16-3-1)47(40-27-23-33(24-28-40)44-30-35-11-4-6-17-41(35)42-18-7-8-19-43(42)44)39-25-21-32(22-26-39)34-13-10-14-36(29-34)46-31-37-12-5-9-20-45(37)48-46/h1-31H. The van der Waals surface area contributed by atoms with Gasteiger partial charge in [0.05, 0.1) is 0 Å². The fourth-order valence-electron chi connectivity index (χ4n) is 6.89. The number of hydrogen-bond acceptors (Lipinski definition) is 2. The Balaban J connectivity index is 1.07. The molecule has 0 radical (unpaired) electrons. The van der Waals surface area contributed by atoms with E-state index in [2.05, 4.69) is 175 Å². The lowest BCUT2D eigenvalue weighted by Crippen LogP contribution is -2.09. The van der Waals surface area contributed by atoms with Crippen LogP contribution in [0.25, 0.3) is 66.1 Å². The van der Waals surface area contributed by atoms with Crippen LogP contribution in [0.1, 0.15) is 0 Å². The maximum Gasteiger partial charge on any atom is 0.135 e. The zero-order valence-corrected chi connectivity index (χ0v) is 26.3. The van der Waals surface area contributed by atoms with Crippen molar-refractivity contribution >= 4 is 49.6 Å². The number of fused-ring (bicyclic) bond motifs is 4. The highest BCUT2D eigenvalue weighted by molar-refractivity contribution is 6.13. The first-order valence-electron chi connectivity index (χ1n) is 16.3. The molecule has 0 aliphatic heterocycles. The highest BCUT2D eigenvalue weighted by Gasteiger charge is 2.15. The Morgan fingerprint density at radius 2 is 0.917 bits per heavy atom. The molecule has 8 aromatic carbocycles. The predicted octanol–water partition coefficient (Wildman–Crippen LogP) is 13.2. The number of hydrogen-bond donors (Lipinski definition) is 0. The SMILES string of the molecule is c1ccc(N(c2ccc(-c3cccc(-c4cc5ccccc5o4)c3)cc2)c2ccc(-c3cc4ccccc4c4ccccc34)cc2)cc1. The molecule has 0 N–H and O–H groups in total. The number of furan rings is 1. The number of nitrogens with zero attached hydrogens (tertiary/aromatic N) is 1. The number of rotatable bonds is 6. The van der Waals surface area contributed by atoms with Crippen molar-refractivity contribution in [3.05, 3.63) is 188 Å². The fourth-order valence-corrected chi connectivity index (χ4v) is 6.89. The van der Waals surface area contributed by atoms with E-state index >= 15 is 0 Å². The number of benzene rings is 8. The minimum Gasteiger partial charge on any atom is -0.456 e. The van der Waals surface area contributed by atoms with Gasteiger partial charge in [-0.3, -0.25) is 0 Å². The first kappa shape index (κ1) is 27.9. The summed E-state index contributed by atoms with van der Waals surface area (Å²) in [5.74, 6) is 0.880. The Morgan fingerprint density at radius 1 is 0.333 bits per heavy atom. The molecule has 0 atom stereocenters. The Bertz CT molecular complexity index is 2510. The van der Waals surface area contributed by atoms with Crippen LogP contribution in [-0.2, 0) is 0 Å². The largest absolute Gasteiger partial charge is 0.456 e. The zero-order chi connectivity index (χ0) is 31.9. The molecule has 0 amide bonds. The molecule has 0 aliphatic rings. The van der Waals surface area contributed by atoms with Crippen molar-refractivity contribution < 1.29 is 4.42 Å². The minimum absolute atomic E-state index is 0.880. The first-order valence-corrected chi connectivity index (χ1v) is 16.3. The van der Waals surface area contributed by atoms with E-state index < -0.39 is 0 Å². The van der Waals surface area contributed by atoms with Crippen molar-refractivity contribution in [2.24, 2.45) is 0 Å². The van der Waals surface area contributed by atoms with Gasteiger partial charge in [0.15, 0.2) is 0 Å². The van der Waals surface area contributed by atoms with Crippen LogP contribution in [0, 0.1) is 0 Å². The average Bonchev–Trinajstić information content (AvgIpc) is 3.61. The quantitative estimate of drug-likeness (QED) is 0.174. The van der Waals surface area contributed by atoms with E-state index in [0.717, 1.165) is 50.5 Å². The van der Waals surface area contributed by atoms with Gasteiger partial charge in [-0.1, -0.05) is 127 Å². The summed E-state index contributed by atoms with van der Waals surface area (Å²) < 4.78 is 6.16. The Kier molecular flexibility index (Phi) is 6.84. The summed E-state index contributed by atoms with van der Waals surface area (Å²) in [4.78, 5) is 2.32. The maximum absolute atomic E-state index is 6.16. The lowest BCUT2D eigenvalue weighted by atomic mass is 9.93. The third-order valence-electron chi connectivity index (χ3n) is 9.25. The van der Waals surface area contributed by atoms with Crippen molar-refractivity contribution in [3.63, 3.8) is 0 Å². The number of para-hydroxylation sites is 2. The Labute approximate surface area is 279 Å². The molecule has 2 heteroatoms. The van der Waals surface area contributed by atoms with Gasteiger partial charge in [-0.05, 0) is 104 Å². The maximum atomic E-state index is 6.16. The van der Waals surface area contributed by atoms with E-state index in [1.165, 1.54) is 32.7 Å². The van der Waals surface area contributed by atoms with Crippen molar-refractivity contribution in [3.8, 4) is 33.6 Å². The average molecular weight is 614 g/mol. The normalized spacial score (nSPS) is 11.3. The van der Waals surface area contributed by atoms with Crippen LogP contribution >= 0.6 is 0 Å². The summed E-state index contributed by atoms with van der Waals surface area (Å²) >= 11 is 0. The van der Waals surface area contributed by atoms with Gasteiger partial charge in [-0.2, -0.15) is 0 Å². The molecular formula is C46H31NO. The molecule has 226 valence electrons. The van der Waals surface area contributed by atoms with Gasteiger partial charge in [0.1, 0.15) is 11.3 Å². The summed E-state index contributed by atoms with van der Waals surface area (Å²) in [6, 6.07) is 66.9. The van der Waals surface area contributed by atoms with E-state index in [4.69, 9.17) is 4.42 Å². The molecule has 0 spiro atoms. The summed E-state index contributed by atoms with van der Waals surface area (Å²) in [5.41, 5.74) is 10.0. The van der Waals surface area contributed by atoms with Crippen LogP contribution in [0.5, 0.6) is 0 Å². The molecule has 48 heavy (non-hydrogen) atoms. The van der Waals surface area contributed by atoms with Gasteiger partial charge < -0.3 is 9.32 Å². The molecule has 0 fully saturated rings. The van der Waals surface area contributed by atoms with Crippen molar-refractivity contribution in [1.29, 1.82) is 0 Å². The summed E-state index contributed by atoms with van der Waals surface area (Å²) in [6.45, 7) is 0. The summed E-state index contributed by atoms with van der Waals surface area (Å²) in [5, 5.41) is 6.20. The van der Waals surface area contributed by atoms with E-state index in [0.29, 0.717) is 0 Å². The molecule has 0 saturated heterocycles. The highest BCUT2D eigenvalue weighted by Crippen LogP contribution is 2.39. The lowest BCUT2D eigenvalue weighted by Gasteiger charge is -2.26. The lowest BCUT2D eigenvalue weighted by molar-refractivity contribution is 0.631. The minimum atomic E-state index is 0.880. The van der Waals surface area contributed by atoms with Gasteiger partial charge in [0.25, 0.3) is 0 Å². The van der Waals surface area contributed by atoms with Crippen LogP contribution < -0.4 is 4.90 Å². The molecule has 1 heterocycles. The van der Waals surface area contributed by atoms with Crippen LogP contribution in [0.15, 0.2) is 192 Å². The predicted molar refractivity (Wildman–Crippen MR) is 202 cm³/mol. The van der Waals surface area contributed by atoms with Gasteiger partial charge in [-0.15, -0.1) is 0 Å². The van der Waals surface area contributed by atoms with Crippen LogP contribution in [0.3, 0.4) is 0 Å². The van der Waals surface area contributed by atoms with Gasteiger partial charge in [0, 0.05) is 28.0 Å². The Hall–Kier alpha value is -6.38. The van der Waals surface area contributed by atoms with Gasteiger partial charge in [0.2, 0.25) is 0 Å². The second-order valence-electron chi connectivity index (χ2n) is 12.2. The van der Waals surface area contributed by atoms with Crippen molar-refractivity contribution in [1.82, 2.24) is 0 Å². The molecular weight excluding hydrogens is 583 g/mol. The highest BCUT2D eigenvalue weighted by atomic mass is 16.3. The van der Waals surface area contributed by atoms with Crippen molar-refractivity contribution in [2.45, 2.75) is 0 Å². The van der Waals surface area contributed by atoms with Crippen LogP contribution in [-0.4, -0.2) is 0 Å². The van der Waals surface area contributed by atoms with Gasteiger partial charge in [-0.25, -0.2) is 0 Å². The molecule has 0 bridgehead atoms. The van der Waals surface area contributed by atoms with E-state index in [1.807, 2.05) is 18.2 Å².